The van der Waals surface area contributed by atoms with Crippen LogP contribution in [0.15, 0.2) is 5.03 Å². The smallest absolute Gasteiger partial charge is 0.338 e. The fourth-order valence-electron chi connectivity index (χ4n) is 1.28. The molecule has 1 N–H and O–H groups in total. The predicted octanol–water partition coefficient (Wildman–Crippen LogP) is 2.93. The number of aromatic nitrogens is 2. The first kappa shape index (κ1) is 14.0. The number of hydrogen-bond donors (Lipinski definition) is 1. The van der Waals surface area contributed by atoms with Gasteiger partial charge in [-0.05, 0) is 25.3 Å². The summed E-state index contributed by atoms with van der Waals surface area (Å²) in [7, 11) is 0. The van der Waals surface area contributed by atoms with Crippen LogP contribution in [-0.4, -0.2) is 27.0 Å². The number of aryl methyl sites for hydroxylation is 1. The van der Waals surface area contributed by atoms with Crippen LogP contribution in [0.2, 0.25) is 0 Å². The Morgan fingerprint density at radius 2 is 2.06 bits per heavy atom. The fraction of sp³-hybridized carbons (Fsp3) is 0.583. The van der Waals surface area contributed by atoms with E-state index in [2.05, 4.69) is 24.0 Å². The first-order chi connectivity index (χ1) is 7.97. The third-order valence-electron chi connectivity index (χ3n) is 2.84. The SMILES string of the molecule is CCC(C)CSc1nnc(C)c(C)c1C(=O)O. The van der Waals surface area contributed by atoms with E-state index in [1.165, 1.54) is 11.8 Å². The van der Waals surface area contributed by atoms with Crippen molar-refractivity contribution in [2.45, 2.75) is 39.1 Å². The zero-order valence-electron chi connectivity index (χ0n) is 10.6. The van der Waals surface area contributed by atoms with Gasteiger partial charge in [0.05, 0.1) is 11.3 Å². The molecule has 17 heavy (non-hydrogen) atoms. The zero-order valence-corrected chi connectivity index (χ0v) is 11.5. The van der Waals surface area contributed by atoms with E-state index in [0.717, 1.165) is 12.2 Å². The summed E-state index contributed by atoms with van der Waals surface area (Å²) in [4.78, 5) is 11.2. The van der Waals surface area contributed by atoms with E-state index in [1.807, 2.05) is 0 Å². The molecule has 0 aliphatic heterocycles. The molecular formula is C12H18N2O2S. The van der Waals surface area contributed by atoms with Crippen LogP contribution in [0.4, 0.5) is 0 Å². The van der Waals surface area contributed by atoms with Gasteiger partial charge in [0.1, 0.15) is 5.03 Å². The van der Waals surface area contributed by atoms with Gasteiger partial charge in [-0.1, -0.05) is 20.3 Å². The van der Waals surface area contributed by atoms with Gasteiger partial charge in [0.15, 0.2) is 0 Å². The van der Waals surface area contributed by atoms with Gasteiger partial charge in [0, 0.05) is 5.75 Å². The van der Waals surface area contributed by atoms with Crippen LogP contribution in [0, 0.1) is 19.8 Å². The Labute approximate surface area is 106 Å². The van der Waals surface area contributed by atoms with E-state index in [4.69, 9.17) is 0 Å². The molecule has 0 fully saturated rings. The molecule has 1 rings (SSSR count). The lowest BCUT2D eigenvalue weighted by Crippen LogP contribution is -2.09. The minimum Gasteiger partial charge on any atom is -0.478 e. The Kier molecular flexibility index (Phi) is 4.93. The maximum Gasteiger partial charge on any atom is 0.338 e. The highest BCUT2D eigenvalue weighted by Gasteiger charge is 2.18. The normalized spacial score (nSPS) is 12.5. The lowest BCUT2D eigenvalue weighted by atomic mass is 10.1. The summed E-state index contributed by atoms with van der Waals surface area (Å²) < 4.78 is 0. The molecule has 1 unspecified atom stereocenters. The minimum atomic E-state index is -0.924. The van der Waals surface area contributed by atoms with Gasteiger partial charge in [0.25, 0.3) is 0 Å². The number of carboxylic acids is 1. The summed E-state index contributed by atoms with van der Waals surface area (Å²) in [6.45, 7) is 7.82. The van der Waals surface area contributed by atoms with Crippen molar-refractivity contribution in [3.8, 4) is 0 Å². The number of nitrogens with zero attached hydrogens (tertiary/aromatic N) is 2. The van der Waals surface area contributed by atoms with Crippen molar-refractivity contribution in [2.75, 3.05) is 5.75 Å². The monoisotopic (exact) mass is 254 g/mol. The van der Waals surface area contributed by atoms with Gasteiger partial charge in [-0.15, -0.1) is 16.9 Å². The molecule has 1 atom stereocenters. The Balaban J connectivity index is 2.99. The van der Waals surface area contributed by atoms with Crippen LogP contribution < -0.4 is 0 Å². The Morgan fingerprint density at radius 3 is 2.59 bits per heavy atom. The highest BCUT2D eigenvalue weighted by Crippen LogP contribution is 2.26. The number of aromatic carboxylic acids is 1. The van der Waals surface area contributed by atoms with Crippen molar-refractivity contribution in [1.29, 1.82) is 0 Å². The largest absolute Gasteiger partial charge is 0.478 e. The molecule has 1 heterocycles. The van der Waals surface area contributed by atoms with Crippen LogP contribution >= 0.6 is 11.8 Å². The molecule has 4 nitrogen and oxygen atoms in total. The fourth-order valence-corrected chi connectivity index (χ4v) is 2.44. The molecule has 0 aliphatic rings. The van der Waals surface area contributed by atoms with Crippen molar-refractivity contribution in [2.24, 2.45) is 5.92 Å². The molecule has 0 spiro atoms. The zero-order chi connectivity index (χ0) is 13.0. The third-order valence-corrected chi connectivity index (χ3v) is 4.13. The van der Waals surface area contributed by atoms with Gasteiger partial charge in [0.2, 0.25) is 0 Å². The van der Waals surface area contributed by atoms with E-state index >= 15 is 0 Å². The van der Waals surface area contributed by atoms with E-state index in [1.54, 1.807) is 13.8 Å². The van der Waals surface area contributed by atoms with E-state index in [0.29, 0.717) is 27.8 Å². The Morgan fingerprint density at radius 1 is 1.41 bits per heavy atom. The maximum atomic E-state index is 11.2. The summed E-state index contributed by atoms with van der Waals surface area (Å²) in [5.74, 6) is 0.491. The molecule has 0 radical (unpaired) electrons. The van der Waals surface area contributed by atoms with Crippen molar-refractivity contribution < 1.29 is 9.90 Å². The van der Waals surface area contributed by atoms with Gasteiger partial charge in [-0.3, -0.25) is 0 Å². The van der Waals surface area contributed by atoms with Crippen LogP contribution in [0.3, 0.4) is 0 Å². The molecule has 0 saturated carbocycles. The molecular weight excluding hydrogens is 236 g/mol. The molecule has 0 aliphatic carbocycles. The maximum absolute atomic E-state index is 11.2. The van der Waals surface area contributed by atoms with Crippen LogP contribution in [-0.2, 0) is 0 Å². The van der Waals surface area contributed by atoms with E-state index in [-0.39, 0.29) is 0 Å². The lowest BCUT2D eigenvalue weighted by Gasteiger charge is -2.11. The number of carbonyl (C=O) groups is 1. The topological polar surface area (TPSA) is 63.1 Å². The van der Waals surface area contributed by atoms with E-state index < -0.39 is 5.97 Å². The molecule has 1 aromatic heterocycles. The minimum absolute atomic E-state index is 0.297. The summed E-state index contributed by atoms with van der Waals surface area (Å²) in [5, 5.41) is 17.7. The van der Waals surface area contributed by atoms with Crippen molar-refractivity contribution in [3.63, 3.8) is 0 Å². The van der Waals surface area contributed by atoms with Crippen molar-refractivity contribution in [1.82, 2.24) is 10.2 Å². The van der Waals surface area contributed by atoms with Crippen LogP contribution in [0.25, 0.3) is 0 Å². The number of carboxylic acid groups (broad SMARTS) is 1. The molecule has 0 aromatic carbocycles. The van der Waals surface area contributed by atoms with Gasteiger partial charge in [-0.2, -0.15) is 5.10 Å². The van der Waals surface area contributed by atoms with Gasteiger partial charge >= 0.3 is 5.97 Å². The highest BCUT2D eigenvalue weighted by molar-refractivity contribution is 7.99. The lowest BCUT2D eigenvalue weighted by molar-refractivity contribution is 0.0690. The summed E-state index contributed by atoms with van der Waals surface area (Å²) >= 11 is 1.48. The quantitative estimate of drug-likeness (QED) is 0.818. The van der Waals surface area contributed by atoms with Crippen LogP contribution in [0.1, 0.15) is 41.9 Å². The number of thioether (sulfide) groups is 1. The first-order valence-electron chi connectivity index (χ1n) is 5.67. The Bertz CT molecular complexity index is 421. The standard InChI is InChI=1S/C12H18N2O2S/c1-5-7(2)6-17-11-10(12(15)16)8(3)9(4)13-14-11/h7H,5-6H2,1-4H3,(H,15,16). The van der Waals surface area contributed by atoms with Crippen molar-refractivity contribution >= 4 is 17.7 Å². The summed E-state index contributed by atoms with van der Waals surface area (Å²) in [6.07, 6.45) is 1.08. The number of hydrogen-bond acceptors (Lipinski definition) is 4. The molecule has 0 bridgehead atoms. The molecule has 0 amide bonds. The average Bonchev–Trinajstić information content (AvgIpc) is 2.29. The van der Waals surface area contributed by atoms with Crippen molar-refractivity contribution in [3.05, 3.63) is 16.8 Å². The number of rotatable bonds is 5. The first-order valence-corrected chi connectivity index (χ1v) is 6.65. The second-order valence-corrected chi connectivity index (χ2v) is 5.23. The second kappa shape index (κ2) is 6.00. The molecule has 94 valence electrons. The molecule has 0 saturated heterocycles. The third kappa shape index (κ3) is 3.43. The van der Waals surface area contributed by atoms with Gasteiger partial charge < -0.3 is 5.11 Å². The second-order valence-electron chi connectivity index (χ2n) is 4.22. The molecule has 1 aromatic rings. The average molecular weight is 254 g/mol. The summed E-state index contributed by atoms with van der Waals surface area (Å²) in [6, 6.07) is 0. The van der Waals surface area contributed by atoms with Gasteiger partial charge in [-0.25, -0.2) is 4.79 Å². The van der Waals surface area contributed by atoms with E-state index in [9.17, 15) is 9.90 Å². The summed E-state index contributed by atoms with van der Waals surface area (Å²) in [5.41, 5.74) is 1.68. The Hall–Kier alpha value is -1.10. The predicted molar refractivity (Wildman–Crippen MR) is 68.6 cm³/mol. The highest BCUT2D eigenvalue weighted by atomic mass is 32.2. The molecule has 5 heteroatoms. The van der Waals surface area contributed by atoms with Crippen LogP contribution in [0.5, 0.6) is 0 Å².